The smallest absolute Gasteiger partial charge is 0.240 e. The SMILES string of the molecule is O=C(Cc1cccs1)Nc1cccc(S(=O)(=O)NC2CC2)c1. The van der Waals surface area contributed by atoms with Crippen molar-refractivity contribution in [1.82, 2.24) is 4.72 Å². The maximum Gasteiger partial charge on any atom is 0.240 e. The van der Waals surface area contributed by atoms with Crippen molar-refractivity contribution in [1.29, 1.82) is 0 Å². The number of carbonyl (C=O) groups is 1. The molecule has 0 bridgehead atoms. The van der Waals surface area contributed by atoms with E-state index >= 15 is 0 Å². The molecule has 0 unspecified atom stereocenters. The second-order valence-corrected chi connectivity index (χ2v) is 7.97. The fraction of sp³-hybridized carbons (Fsp3) is 0.267. The maximum atomic E-state index is 12.2. The van der Waals surface area contributed by atoms with E-state index in [4.69, 9.17) is 0 Å². The lowest BCUT2D eigenvalue weighted by Crippen LogP contribution is -2.25. The van der Waals surface area contributed by atoms with Crippen LogP contribution in [0, 0.1) is 0 Å². The molecule has 7 heteroatoms. The van der Waals surface area contributed by atoms with Crippen LogP contribution < -0.4 is 10.0 Å². The molecular weight excluding hydrogens is 320 g/mol. The van der Waals surface area contributed by atoms with Gasteiger partial charge in [0.25, 0.3) is 0 Å². The average Bonchev–Trinajstić information content (AvgIpc) is 3.11. The molecule has 1 aliphatic carbocycles. The minimum absolute atomic E-state index is 0.0575. The molecule has 1 aliphatic rings. The Morgan fingerprint density at radius 1 is 1.23 bits per heavy atom. The number of hydrogen-bond donors (Lipinski definition) is 2. The molecule has 0 aliphatic heterocycles. The number of amides is 1. The van der Waals surface area contributed by atoms with Crippen molar-refractivity contribution in [2.24, 2.45) is 0 Å². The molecule has 1 heterocycles. The molecule has 1 saturated carbocycles. The van der Waals surface area contributed by atoms with E-state index in [-0.39, 0.29) is 23.3 Å². The van der Waals surface area contributed by atoms with Crippen LogP contribution in [0.5, 0.6) is 0 Å². The Balaban J connectivity index is 1.69. The third-order valence-electron chi connectivity index (χ3n) is 3.24. The van der Waals surface area contributed by atoms with Gasteiger partial charge in [0, 0.05) is 16.6 Å². The summed E-state index contributed by atoms with van der Waals surface area (Å²) in [6, 6.07) is 10.2. The number of carbonyl (C=O) groups excluding carboxylic acids is 1. The fourth-order valence-electron chi connectivity index (χ4n) is 2.01. The maximum absolute atomic E-state index is 12.2. The Bertz CT molecular complexity index is 766. The van der Waals surface area contributed by atoms with Gasteiger partial charge in [0.1, 0.15) is 0 Å². The van der Waals surface area contributed by atoms with E-state index in [0.717, 1.165) is 17.7 Å². The lowest BCUT2D eigenvalue weighted by Gasteiger charge is -2.08. The number of sulfonamides is 1. The molecule has 22 heavy (non-hydrogen) atoms. The zero-order valence-electron chi connectivity index (χ0n) is 11.8. The van der Waals surface area contributed by atoms with Gasteiger partial charge in [0.15, 0.2) is 0 Å². The summed E-state index contributed by atoms with van der Waals surface area (Å²) in [5.74, 6) is -0.160. The van der Waals surface area contributed by atoms with Crippen LogP contribution >= 0.6 is 11.3 Å². The van der Waals surface area contributed by atoms with Gasteiger partial charge in [-0.05, 0) is 42.5 Å². The first-order chi connectivity index (χ1) is 10.5. The van der Waals surface area contributed by atoms with Crippen LogP contribution in [0.2, 0.25) is 0 Å². The topological polar surface area (TPSA) is 75.3 Å². The van der Waals surface area contributed by atoms with E-state index in [0.29, 0.717) is 5.69 Å². The highest BCUT2D eigenvalue weighted by atomic mass is 32.2. The van der Waals surface area contributed by atoms with E-state index in [1.54, 1.807) is 12.1 Å². The highest BCUT2D eigenvalue weighted by molar-refractivity contribution is 7.89. The van der Waals surface area contributed by atoms with E-state index in [1.165, 1.54) is 23.5 Å². The number of benzene rings is 1. The number of anilines is 1. The Hall–Kier alpha value is -1.70. The van der Waals surface area contributed by atoms with Crippen LogP contribution in [0.1, 0.15) is 17.7 Å². The van der Waals surface area contributed by atoms with Crippen molar-refractivity contribution in [3.8, 4) is 0 Å². The van der Waals surface area contributed by atoms with E-state index in [1.807, 2.05) is 17.5 Å². The summed E-state index contributed by atoms with van der Waals surface area (Å²) in [5, 5.41) is 4.65. The minimum atomic E-state index is -3.50. The molecule has 1 amide bonds. The molecule has 2 N–H and O–H groups in total. The van der Waals surface area contributed by atoms with Crippen LogP contribution in [-0.2, 0) is 21.2 Å². The Kier molecular flexibility index (Phi) is 4.28. The van der Waals surface area contributed by atoms with Gasteiger partial charge in [-0.2, -0.15) is 0 Å². The Morgan fingerprint density at radius 3 is 2.73 bits per heavy atom. The van der Waals surface area contributed by atoms with Crippen molar-refractivity contribution < 1.29 is 13.2 Å². The van der Waals surface area contributed by atoms with Crippen LogP contribution in [0.25, 0.3) is 0 Å². The van der Waals surface area contributed by atoms with Gasteiger partial charge in [-0.25, -0.2) is 13.1 Å². The predicted octanol–water partition coefficient (Wildman–Crippen LogP) is 2.37. The zero-order chi connectivity index (χ0) is 15.6. The van der Waals surface area contributed by atoms with Crippen LogP contribution in [-0.4, -0.2) is 20.4 Å². The summed E-state index contributed by atoms with van der Waals surface area (Å²) in [7, 11) is -3.50. The normalized spacial score (nSPS) is 14.7. The van der Waals surface area contributed by atoms with Crippen LogP contribution in [0.15, 0.2) is 46.7 Å². The zero-order valence-corrected chi connectivity index (χ0v) is 13.4. The number of rotatable bonds is 6. The lowest BCUT2D eigenvalue weighted by atomic mass is 10.3. The Morgan fingerprint density at radius 2 is 2.05 bits per heavy atom. The molecule has 3 rings (SSSR count). The molecule has 0 radical (unpaired) electrons. The third kappa shape index (κ3) is 3.94. The number of nitrogens with one attached hydrogen (secondary N) is 2. The summed E-state index contributed by atoms with van der Waals surface area (Å²) < 4.78 is 26.9. The van der Waals surface area contributed by atoms with Crippen LogP contribution in [0.3, 0.4) is 0 Å². The molecule has 116 valence electrons. The second-order valence-electron chi connectivity index (χ2n) is 5.23. The first-order valence-electron chi connectivity index (χ1n) is 6.97. The van der Waals surface area contributed by atoms with E-state index in [9.17, 15) is 13.2 Å². The summed E-state index contributed by atoms with van der Waals surface area (Å²) in [6.07, 6.45) is 2.06. The predicted molar refractivity (Wildman–Crippen MR) is 86.4 cm³/mol. The van der Waals surface area contributed by atoms with Gasteiger partial charge < -0.3 is 5.32 Å². The van der Waals surface area contributed by atoms with Crippen molar-refractivity contribution in [3.63, 3.8) is 0 Å². The summed E-state index contributed by atoms with van der Waals surface area (Å²) in [6.45, 7) is 0. The molecule has 2 aromatic rings. The van der Waals surface area contributed by atoms with Crippen LogP contribution in [0.4, 0.5) is 5.69 Å². The molecule has 1 aromatic heterocycles. The van der Waals surface area contributed by atoms with Gasteiger partial charge in [0.2, 0.25) is 15.9 Å². The number of thiophene rings is 1. The first kappa shape index (κ1) is 15.2. The molecule has 1 fully saturated rings. The molecule has 0 atom stereocenters. The van der Waals surface area contributed by atoms with E-state index in [2.05, 4.69) is 10.0 Å². The highest BCUT2D eigenvalue weighted by Crippen LogP contribution is 2.23. The molecule has 0 spiro atoms. The summed E-state index contributed by atoms with van der Waals surface area (Å²) >= 11 is 1.52. The van der Waals surface area contributed by atoms with Gasteiger partial charge >= 0.3 is 0 Å². The van der Waals surface area contributed by atoms with E-state index < -0.39 is 10.0 Å². The van der Waals surface area contributed by atoms with Crippen molar-refractivity contribution in [3.05, 3.63) is 46.7 Å². The lowest BCUT2D eigenvalue weighted by molar-refractivity contribution is -0.115. The van der Waals surface area contributed by atoms with Crippen molar-refractivity contribution in [2.75, 3.05) is 5.32 Å². The minimum Gasteiger partial charge on any atom is -0.326 e. The largest absolute Gasteiger partial charge is 0.326 e. The number of hydrogen-bond acceptors (Lipinski definition) is 4. The molecule has 0 saturated heterocycles. The van der Waals surface area contributed by atoms with Gasteiger partial charge in [0.05, 0.1) is 11.3 Å². The second kappa shape index (κ2) is 6.20. The van der Waals surface area contributed by atoms with Crippen molar-refractivity contribution in [2.45, 2.75) is 30.2 Å². The van der Waals surface area contributed by atoms with Gasteiger partial charge in [-0.1, -0.05) is 12.1 Å². The Labute approximate surface area is 133 Å². The molecule has 1 aromatic carbocycles. The first-order valence-corrected chi connectivity index (χ1v) is 9.34. The van der Waals surface area contributed by atoms with Gasteiger partial charge in [-0.15, -0.1) is 11.3 Å². The quantitative estimate of drug-likeness (QED) is 0.850. The summed E-state index contributed by atoms with van der Waals surface area (Å²) in [5.41, 5.74) is 0.486. The third-order valence-corrected chi connectivity index (χ3v) is 5.64. The van der Waals surface area contributed by atoms with Gasteiger partial charge in [-0.3, -0.25) is 4.79 Å². The molecule has 5 nitrogen and oxygen atoms in total. The fourth-order valence-corrected chi connectivity index (χ4v) is 4.06. The average molecular weight is 336 g/mol. The molecular formula is C15H16N2O3S2. The van der Waals surface area contributed by atoms with Crippen molar-refractivity contribution >= 4 is 33.0 Å². The highest BCUT2D eigenvalue weighted by Gasteiger charge is 2.28. The standard InChI is InChI=1S/C15H16N2O3S2/c18-15(10-13-4-2-8-21-13)16-12-3-1-5-14(9-12)22(19,20)17-11-6-7-11/h1-5,8-9,11,17H,6-7,10H2,(H,16,18). The summed E-state index contributed by atoms with van der Waals surface area (Å²) in [4.78, 5) is 13.1. The monoisotopic (exact) mass is 336 g/mol.